The first-order valence-electron chi connectivity index (χ1n) is 11.4. The first-order chi connectivity index (χ1) is 15.1. The van der Waals surface area contributed by atoms with Crippen molar-refractivity contribution in [2.24, 2.45) is 5.92 Å². The van der Waals surface area contributed by atoms with Gasteiger partial charge in [0.15, 0.2) is 0 Å². The van der Waals surface area contributed by atoms with Crippen LogP contribution in [0.25, 0.3) is 22.4 Å². The molecule has 2 atom stereocenters. The van der Waals surface area contributed by atoms with Crippen molar-refractivity contribution in [2.45, 2.75) is 39.2 Å². The quantitative estimate of drug-likeness (QED) is 0.577. The van der Waals surface area contributed by atoms with Crippen LogP contribution in [-0.2, 0) is 0 Å². The average Bonchev–Trinajstić information content (AvgIpc) is 3.38. The molecule has 31 heavy (non-hydrogen) atoms. The van der Waals surface area contributed by atoms with Crippen molar-refractivity contribution >= 4 is 11.0 Å². The Balaban J connectivity index is 1.18. The molecular weight excluding hydrogens is 391 g/mol. The number of likely N-dealkylation sites (tertiary alicyclic amines) is 1. The summed E-state index contributed by atoms with van der Waals surface area (Å²) < 4.78 is 19.9. The molecule has 2 N–H and O–H groups in total. The van der Waals surface area contributed by atoms with E-state index in [9.17, 15) is 4.39 Å². The second-order valence-electron chi connectivity index (χ2n) is 9.06. The summed E-state index contributed by atoms with van der Waals surface area (Å²) >= 11 is 0. The molecule has 0 radical (unpaired) electrons. The lowest BCUT2D eigenvalue weighted by Gasteiger charge is -2.24. The molecule has 2 saturated heterocycles. The smallest absolute Gasteiger partial charge is 0.138 e. The number of benzene rings is 2. The number of H-pyrrole nitrogens is 1. The second kappa shape index (κ2) is 8.60. The van der Waals surface area contributed by atoms with Crippen LogP contribution in [0, 0.1) is 25.6 Å². The summed E-state index contributed by atoms with van der Waals surface area (Å²) in [6, 6.07) is 10.0. The molecule has 0 unspecified atom stereocenters. The van der Waals surface area contributed by atoms with E-state index in [0.717, 1.165) is 53.7 Å². The van der Waals surface area contributed by atoms with E-state index in [4.69, 9.17) is 4.74 Å². The Morgan fingerprint density at radius 2 is 2.10 bits per heavy atom. The first-order valence-corrected chi connectivity index (χ1v) is 11.4. The van der Waals surface area contributed by atoms with Gasteiger partial charge >= 0.3 is 0 Å². The molecule has 3 heterocycles. The van der Waals surface area contributed by atoms with Gasteiger partial charge in [0.05, 0.1) is 17.6 Å². The first kappa shape index (κ1) is 20.5. The van der Waals surface area contributed by atoms with E-state index >= 15 is 0 Å². The number of aromatic nitrogens is 2. The molecule has 0 saturated carbocycles. The van der Waals surface area contributed by atoms with Crippen LogP contribution >= 0.6 is 0 Å². The van der Waals surface area contributed by atoms with Crippen molar-refractivity contribution in [2.75, 3.05) is 32.8 Å². The lowest BCUT2D eigenvalue weighted by atomic mass is 9.94. The third-order valence-corrected chi connectivity index (χ3v) is 6.86. The molecule has 3 aromatic rings. The number of nitrogens with one attached hydrogen (secondary N) is 2. The Labute approximate surface area is 183 Å². The van der Waals surface area contributed by atoms with Gasteiger partial charge in [-0.15, -0.1) is 0 Å². The summed E-state index contributed by atoms with van der Waals surface area (Å²) in [5.41, 5.74) is 4.21. The fourth-order valence-corrected chi connectivity index (χ4v) is 5.10. The average molecular weight is 423 g/mol. The minimum absolute atomic E-state index is 0.227. The predicted molar refractivity (Wildman–Crippen MR) is 122 cm³/mol. The highest BCUT2D eigenvalue weighted by molar-refractivity contribution is 5.83. The molecule has 2 fully saturated rings. The molecule has 2 aromatic carbocycles. The standard InChI is InChI=1S/C25H31FN4O/c1-16-13-19(31-12-4-11-30-14-18-5-3-10-27-23(18)15-30)6-7-20(16)25-28-22-9-8-21(26)17(2)24(22)29-25/h6-9,13,18,23,27H,3-5,10-12,14-15H2,1-2H3,(H,28,29)/t18-,23+/m1/s1. The van der Waals surface area contributed by atoms with E-state index in [0.29, 0.717) is 17.1 Å². The number of rotatable bonds is 6. The molecule has 0 bridgehead atoms. The van der Waals surface area contributed by atoms with Gasteiger partial charge in [-0.3, -0.25) is 0 Å². The SMILES string of the molecule is Cc1cc(OCCCN2C[C@H]3CCCN[C@H]3C2)ccc1-c1nc2c(C)c(F)ccc2[nH]1. The molecule has 0 spiro atoms. The number of aryl methyl sites for hydroxylation is 2. The number of imidazole rings is 1. The van der Waals surface area contributed by atoms with E-state index in [1.54, 1.807) is 13.0 Å². The molecule has 0 aliphatic carbocycles. The summed E-state index contributed by atoms with van der Waals surface area (Å²) in [5, 5.41) is 3.67. The summed E-state index contributed by atoms with van der Waals surface area (Å²) in [4.78, 5) is 10.5. The van der Waals surface area contributed by atoms with E-state index in [1.165, 1.54) is 38.5 Å². The van der Waals surface area contributed by atoms with Crippen LogP contribution in [0.2, 0.25) is 0 Å². The molecule has 5 rings (SSSR count). The Kier molecular flexibility index (Phi) is 5.67. The zero-order valence-electron chi connectivity index (χ0n) is 18.4. The molecule has 164 valence electrons. The van der Waals surface area contributed by atoms with Crippen molar-refractivity contribution in [1.82, 2.24) is 20.2 Å². The number of fused-ring (bicyclic) bond motifs is 2. The molecule has 5 nitrogen and oxygen atoms in total. The maximum Gasteiger partial charge on any atom is 0.138 e. The number of hydrogen-bond acceptors (Lipinski definition) is 4. The fraction of sp³-hybridized carbons (Fsp3) is 0.480. The molecular formula is C25H31FN4O. The maximum atomic E-state index is 13.8. The van der Waals surface area contributed by atoms with E-state index in [2.05, 4.69) is 33.2 Å². The van der Waals surface area contributed by atoms with Gasteiger partial charge in [-0.25, -0.2) is 9.37 Å². The number of piperidine rings is 1. The number of halogens is 1. The number of ether oxygens (including phenoxy) is 1. The lowest BCUT2D eigenvalue weighted by Crippen LogP contribution is -2.40. The van der Waals surface area contributed by atoms with Crippen molar-refractivity contribution in [3.8, 4) is 17.1 Å². The topological polar surface area (TPSA) is 53.2 Å². The van der Waals surface area contributed by atoms with Crippen molar-refractivity contribution in [3.05, 3.63) is 47.3 Å². The van der Waals surface area contributed by atoms with Crippen LogP contribution in [0.4, 0.5) is 4.39 Å². The van der Waals surface area contributed by atoms with Crippen molar-refractivity contribution in [3.63, 3.8) is 0 Å². The summed E-state index contributed by atoms with van der Waals surface area (Å²) in [7, 11) is 0. The van der Waals surface area contributed by atoms with Gasteiger partial charge in [-0.05, 0) is 81.5 Å². The highest BCUT2D eigenvalue weighted by Gasteiger charge is 2.33. The minimum Gasteiger partial charge on any atom is -0.494 e. The largest absolute Gasteiger partial charge is 0.494 e. The normalized spacial score (nSPS) is 21.5. The summed E-state index contributed by atoms with van der Waals surface area (Å²) in [5.74, 6) is 2.26. The second-order valence-corrected chi connectivity index (χ2v) is 9.06. The van der Waals surface area contributed by atoms with Crippen molar-refractivity contribution < 1.29 is 9.13 Å². The van der Waals surface area contributed by atoms with Gasteiger partial charge < -0.3 is 19.9 Å². The highest BCUT2D eigenvalue weighted by Crippen LogP contribution is 2.29. The Bertz CT molecular complexity index is 1060. The maximum absolute atomic E-state index is 13.8. The van der Waals surface area contributed by atoms with Gasteiger partial charge in [0.1, 0.15) is 17.4 Å². The van der Waals surface area contributed by atoms with E-state index in [1.807, 2.05) is 12.1 Å². The van der Waals surface area contributed by atoms with Crippen LogP contribution in [0.5, 0.6) is 5.75 Å². The van der Waals surface area contributed by atoms with Gasteiger partial charge in [-0.1, -0.05) is 0 Å². The molecule has 1 aromatic heterocycles. The third kappa shape index (κ3) is 4.19. The number of hydrogen-bond donors (Lipinski definition) is 2. The van der Waals surface area contributed by atoms with Crippen LogP contribution in [0.15, 0.2) is 30.3 Å². The van der Waals surface area contributed by atoms with Crippen LogP contribution in [0.1, 0.15) is 30.4 Å². The Morgan fingerprint density at radius 3 is 2.94 bits per heavy atom. The van der Waals surface area contributed by atoms with E-state index in [-0.39, 0.29) is 5.82 Å². The third-order valence-electron chi connectivity index (χ3n) is 6.86. The Hall–Kier alpha value is -2.44. The van der Waals surface area contributed by atoms with Crippen LogP contribution in [-0.4, -0.2) is 53.7 Å². The van der Waals surface area contributed by atoms with E-state index < -0.39 is 0 Å². The van der Waals surface area contributed by atoms with Crippen LogP contribution < -0.4 is 10.1 Å². The molecule has 6 heteroatoms. The number of nitrogens with zero attached hydrogens (tertiary/aromatic N) is 2. The van der Waals surface area contributed by atoms with Gasteiger partial charge in [-0.2, -0.15) is 0 Å². The zero-order valence-corrected chi connectivity index (χ0v) is 18.4. The van der Waals surface area contributed by atoms with Crippen molar-refractivity contribution in [1.29, 1.82) is 0 Å². The minimum atomic E-state index is -0.227. The monoisotopic (exact) mass is 422 g/mol. The molecule has 2 aliphatic heterocycles. The number of aromatic amines is 1. The molecule has 2 aliphatic rings. The van der Waals surface area contributed by atoms with Gasteiger partial charge in [0, 0.05) is 36.8 Å². The van der Waals surface area contributed by atoms with Gasteiger partial charge in [0.2, 0.25) is 0 Å². The lowest BCUT2D eigenvalue weighted by molar-refractivity contribution is 0.257. The highest BCUT2D eigenvalue weighted by atomic mass is 19.1. The van der Waals surface area contributed by atoms with Gasteiger partial charge in [0.25, 0.3) is 0 Å². The zero-order chi connectivity index (χ0) is 21.4. The fourth-order valence-electron chi connectivity index (χ4n) is 5.10. The summed E-state index contributed by atoms with van der Waals surface area (Å²) in [6.45, 7) is 9.23. The molecule has 0 amide bonds. The summed E-state index contributed by atoms with van der Waals surface area (Å²) in [6.07, 6.45) is 3.72. The Morgan fingerprint density at radius 1 is 1.19 bits per heavy atom. The predicted octanol–water partition coefficient (Wildman–Crippen LogP) is 4.44. The van der Waals surface area contributed by atoms with Crippen LogP contribution in [0.3, 0.4) is 0 Å².